The highest BCUT2D eigenvalue weighted by Gasteiger charge is 2.30. The van der Waals surface area contributed by atoms with Crippen molar-refractivity contribution in [2.45, 2.75) is 30.6 Å². The average Bonchev–Trinajstić information content (AvgIpc) is 2.39. The number of benzene rings is 1. The molecule has 0 heterocycles. The lowest BCUT2D eigenvalue weighted by molar-refractivity contribution is 0.0170. The molecule has 1 rings (SSSR count). The van der Waals surface area contributed by atoms with Crippen LogP contribution in [0.5, 0.6) is 0 Å². The summed E-state index contributed by atoms with van der Waals surface area (Å²) in [4.78, 5) is -0.196. The van der Waals surface area contributed by atoms with Crippen molar-refractivity contribution in [3.8, 4) is 0 Å². The number of nitrogens with one attached hydrogen (secondary N) is 1. The van der Waals surface area contributed by atoms with E-state index in [4.69, 9.17) is 17.3 Å². The minimum atomic E-state index is -4.09. The molecule has 9 heteroatoms. The fourth-order valence-corrected chi connectivity index (χ4v) is 3.16. The molecule has 3 N–H and O–H groups in total. The maximum atomic E-state index is 13.0. The van der Waals surface area contributed by atoms with Gasteiger partial charge in [-0.2, -0.15) is 0 Å². The van der Waals surface area contributed by atoms with Gasteiger partial charge in [-0.1, -0.05) is 31.0 Å². The highest BCUT2D eigenvalue weighted by molar-refractivity contribution is 7.89. The van der Waals surface area contributed by atoms with Crippen LogP contribution in [0.4, 0.5) is 8.78 Å². The van der Waals surface area contributed by atoms with Gasteiger partial charge in [0.25, 0.3) is 5.92 Å². The summed E-state index contributed by atoms with van der Waals surface area (Å²) in [5, 5.41) is -0.00609. The normalized spacial score (nSPS) is 12.0. The largest absolute Gasteiger partial charge is 0.325 e. The first-order chi connectivity index (χ1) is 9.22. The predicted octanol–water partition coefficient (Wildman–Crippen LogP) is 2.59. The van der Waals surface area contributed by atoms with Crippen LogP contribution in [0.2, 0.25) is 5.02 Å². The summed E-state index contributed by atoms with van der Waals surface area (Å²) in [7, 11) is -4.09. The molecule has 1 aromatic rings. The van der Waals surface area contributed by atoms with E-state index < -0.39 is 29.0 Å². The predicted molar refractivity (Wildman–Crippen MR) is 81.9 cm³/mol. The first-order valence-corrected chi connectivity index (χ1v) is 7.94. The molecule has 0 aliphatic carbocycles. The molecule has 1 aromatic carbocycles. The Labute approximate surface area is 134 Å². The molecule has 0 amide bonds. The number of hydrogen-bond donors (Lipinski definition) is 2. The second-order valence-electron chi connectivity index (χ2n) is 4.40. The maximum Gasteiger partial charge on any atom is 0.273 e. The molecular formula is C12H18Cl2F2N2O2S. The highest BCUT2D eigenvalue weighted by atomic mass is 35.5. The minimum Gasteiger partial charge on any atom is -0.325 e. The second kappa shape index (κ2) is 8.24. The van der Waals surface area contributed by atoms with Crippen LogP contribution in [-0.2, 0) is 16.4 Å². The van der Waals surface area contributed by atoms with Crippen LogP contribution in [-0.4, -0.2) is 27.4 Å². The van der Waals surface area contributed by atoms with E-state index in [2.05, 4.69) is 0 Å². The zero-order valence-corrected chi connectivity index (χ0v) is 13.8. The van der Waals surface area contributed by atoms with Gasteiger partial charge in [-0.25, -0.2) is 21.9 Å². The van der Waals surface area contributed by atoms with Gasteiger partial charge in [-0.15, -0.1) is 12.4 Å². The number of halogens is 4. The molecule has 0 bridgehead atoms. The van der Waals surface area contributed by atoms with Gasteiger partial charge in [-0.05, 0) is 24.1 Å². The number of rotatable bonds is 7. The SMILES string of the molecule is CCCc1ccc(Cl)c(S(=O)(=O)NCC(F)(F)CN)c1.Cl. The van der Waals surface area contributed by atoms with Crippen LogP contribution >= 0.6 is 24.0 Å². The van der Waals surface area contributed by atoms with E-state index >= 15 is 0 Å². The van der Waals surface area contributed by atoms with E-state index in [-0.39, 0.29) is 22.3 Å². The monoisotopic (exact) mass is 362 g/mol. The van der Waals surface area contributed by atoms with E-state index in [1.807, 2.05) is 11.6 Å². The van der Waals surface area contributed by atoms with Gasteiger partial charge in [0.05, 0.1) is 18.1 Å². The van der Waals surface area contributed by atoms with Gasteiger partial charge in [-0.3, -0.25) is 0 Å². The van der Waals surface area contributed by atoms with Crippen molar-refractivity contribution in [2.24, 2.45) is 5.73 Å². The van der Waals surface area contributed by atoms with Crippen molar-refractivity contribution < 1.29 is 17.2 Å². The second-order valence-corrected chi connectivity index (χ2v) is 6.54. The van der Waals surface area contributed by atoms with E-state index in [1.165, 1.54) is 12.1 Å². The van der Waals surface area contributed by atoms with Crippen LogP contribution < -0.4 is 10.5 Å². The van der Waals surface area contributed by atoms with Crippen LogP contribution in [0.15, 0.2) is 23.1 Å². The van der Waals surface area contributed by atoms with Crippen molar-refractivity contribution in [3.05, 3.63) is 28.8 Å². The molecule has 122 valence electrons. The van der Waals surface area contributed by atoms with Gasteiger partial charge in [0, 0.05) is 0 Å². The minimum absolute atomic E-state index is 0. The number of sulfonamides is 1. The first-order valence-electron chi connectivity index (χ1n) is 6.08. The summed E-state index contributed by atoms with van der Waals surface area (Å²) in [6.07, 6.45) is 1.51. The summed E-state index contributed by atoms with van der Waals surface area (Å²) in [5.74, 6) is -3.29. The Kier molecular flexibility index (Phi) is 8.05. The number of nitrogens with two attached hydrogens (primary N) is 1. The third-order valence-electron chi connectivity index (χ3n) is 2.64. The summed E-state index contributed by atoms with van der Waals surface area (Å²) in [6, 6.07) is 4.55. The lowest BCUT2D eigenvalue weighted by Crippen LogP contribution is -2.41. The molecule has 0 unspecified atom stereocenters. The highest BCUT2D eigenvalue weighted by Crippen LogP contribution is 2.23. The maximum absolute atomic E-state index is 13.0. The summed E-state index contributed by atoms with van der Waals surface area (Å²) >= 11 is 5.83. The van der Waals surface area contributed by atoms with Crippen molar-refractivity contribution in [3.63, 3.8) is 0 Å². The Bertz CT molecular complexity index is 568. The molecular weight excluding hydrogens is 345 g/mol. The van der Waals surface area contributed by atoms with Crippen LogP contribution in [0, 0.1) is 0 Å². The van der Waals surface area contributed by atoms with E-state index in [0.717, 1.165) is 12.0 Å². The van der Waals surface area contributed by atoms with E-state index in [9.17, 15) is 17.2 Å². The molecule has 21 heavy (non-hydrogen) atoms. The van der Waals surface area contributed by atoms with E-state index in [1.54, 1.807) is 6.07 Å². The first kappa shape index (κ1) is 20.5. The van der Waals surface area contributed by atoms with Gasteiger partial charge < -0.3 is 5.73 Å². The molecule has 0 aliphatic heterocycles. The zero-order chi connectivity index (χ0) is 15.4. The molecule has 0 aliphatic rings. The van der Waals surface area contributed by atoms with Crippen molar-refractivity contribution in [1.29, 1.82) is 0 Å². The zero-order valence-electron chi connectivity index (χ0n) is 11.4. The van der Waals surface area contributed by atoms with Gasteiger partial charge in [0.1, 0.15) is 4.90 Å². The third-order valence-corrected chi connectivity index (χ3v) is 4.53. The van der Waals surface area contributed by atoms with E-state index in [0.29, 0.717) is 6.42 Å². The molecule has 0 saturated carbocycles. The smallest absolute Gasteiger partial charge is 0.273 e. The number of alkyl halides is 2. The molecule has 4 nitrogen and oxygen atoms in total. The lowest BCUT2D eigenvalue weighted by atomic mass is 10.1. The Morgan fingerprint density at radius 2 is 2.00 bits per heavy atom. The quantitative estimate of drug-likeness (QED) is 0.782. The molecule has 0 atom stereocenters. The van der Waals surface area contributed by atoms with Gasteiger partial charge >= 0.3 is 0 Å². The fraction of sp³-hybridized carbons (Fsp3) is 0.500. The summed E-state index contributed by atoms with van der Waals surface area (Å²) in [6.45, 7) is -0.0396. The summed E-state index contributed by atoms with van der Waals surface area (Å²) in [5.41, 5.74) is 5.64. The molecule has 0 spiro atoms. The molecule has 0 saturated heterocycles. The van der Waals surface area contributed by atoms with Crippen LogP contribution in [0.25, 0.3) is 0 Å². The fourth-order valence-electron chi connectivity index (χ4n) is 1.55. The van der Waals surface area contributed by atoms with Crippen molar-refractivity contribution in [1.82, 2.24) is 4.72 Å². The van der Waals surface area contributed by atoms with Crippen molar-refractivity contribution in [2.75, 3.05) is 13.1 Å². The molecule has 0 radical (unpaired) electrons. The Morgan fingerprint density at radius 3 is 2.52 bits per heavy atom. The van der Waals surface area contributed by atoms with Crippen LogP contribution in [0.3, 0.4) is 0 Å². The summed E-state index contributed by atoms with van der Waals surface area (Å²) < 4.78 is 51.9. The van der Waals surface area contributed by atoms with Gasteiger partial charge in [0.15, 0.2) is 0 Å². The van der Waals surface area contributed by atoms with Gasteiger partial charge in [0.2, 0.25) is 10.0 Å². The average molecular weight is 363 g/mol. The Morgan fingerprint density at radius 1 is 1.38 bits per heavy atom. The topological polar surface area (TPSA) is 72.2 Å². The standard InChI is InChI=1S/C12H17ClF2N2O2S.ClH/c1-2-3-9-4-5-10(13)11(6-9)20(18,19)17-8-12(14,15)7-16;/h4-6,17H,2-3,7-8,16H2,1H3;1H. The number of aryl methyl sites for hydroxylation is 1. The van der Waals surface area contributed by atoms with Crippen LogP contribution in [0.1, 0.15) is 18.9 Å². The van der Waals surface area contributed by atoms with Crippen molar-refractivity contribution >= 4 is 34.0 Å². The molecule has 0 aromatic heterocycles. The number of hydrogen-bond acceptors (Lipinski definition) is 3. The third kappa shape index (κ3) is 6.04. The molecule has 0 fully saturated rings. The Hall–Kier alpha value is -0.470. The Balaban J connectivity index is 0.00000400. The lowest BCUT2D eigenvalue weighted by Gasteiger charge is -2.15.